The zero-order chi connectivity index (χ0) is 12.3. The summed E-state index contributed by atoms with van der Waals surface area (Å²) in [5, 5.41) is 4.46. The van der Waals surface area contributed by atoms with Gasteiger partial charge in [-0.1, -0.05) is 43.9 Å². The van der Waals surface area contributed by atoms with Gasteiger partial charge in [0.25, 0.3) is 0 Å². The fraction of sp³-hybridized carbons (Fsp3) is 0.600. The van der Waals surface area contributed by atoms with Crippen LogP contribution < -0.4 is 5.32 Å². The van der Waals surface area contributed by atoms with E-state index in [1.165, 1.54) is 37.7 Å². The molecule has 2 rings (SSSR count). The molecule has 0 aromatic heterocycles. The second kappa shape index (κ2) is 5.77. The van der Waals surface area contributed by atoms with Gasteiger partial charge in [-0.15, -0.1) is 0 Å². The molecule has 17 heavy (non-hydrogen) atoms. The van der Waals surface area contributed by atoms with Gasteiger partial charge in [-0.2, -0.15) is 0 Å². The van der Waals surface area contributed by atoms with Crippen LogP contribution in [0.3, 0.4) is 0 Å². The van der Waals surface area contributed by atoms with Gasteiger partial charge >= 0.3 is 0 Å². The Bertz CT molecular complexity index is 375. The van der Waals surface area contributed by atoms with Crippen LogP contribution in [-0.2, 0) is 0 Å². The molecule has 2 atom stereocenters. The van der Waals surface area contributed by atoms with Crippen molar-refractivity contribution in [3.8, 4) is 0 Å². The molecule has 2 unspecified atom stereocenters. The van der Waals surface area contributed by atoms with Crippen molar-refractivity contribution in [2.24, 2.45) is 5.92 Å². The first-order valence-corrected chi connectivity index (χ1v) is 7.09. The highest BCUT2D eigenvalue weighted by molar-refractivity contribution is 6.33. The zero-order valence-electron chi connectivity index (χ0n) is 10.8. The van der Waals surface area contributed by atoms with E-state index in [1.807, 2.05) is 6.07 Å². The summed E-state index contributed by atoms with van der Waals surface area (Å²) < 4.78 is 0. The smallest absolute Gasteiger partial charge is 0.0637 e. The van der Waals surface area contributed by atoms with Crippen LogP contribution in [0.25, 0.3) is 0 Å². The number of nitrogens with one attached hydrogen (secondary N) is 1. The van der Waals surface area contributed by atoms with E-state index in [9.17, 15) is 0 Å². The van der Waals surface area contributed by atoms with Crippen LogP contribution in [0.1, 0.15) is 44.6 Å². The van der Waals surface area contributed by atoms with Crippen molar-refractivity contribution in [1.29, 1.82) is 0 Å². The highest BCUT2D eigenvalue weighted by atomic mass is 35.5. The van der Waals surface area contributed by atoms with Crippen LogP contribution in [0.4, 0.5) is 5.69 Å². The second-order valence-corrected chi connectivity index (χ2v) is 5.67. The highest BCUT2D eigenvalue weighted by Crippen LogP contribution is 2.31. The number of halogens is 1. The Labute approximate surface area is 110 Å². The lowest BCUT2D eigenvalue weighted by Crippen LogP contribution is -2.27. The van der Waals surface area contributed by atoms with Crippen LogP contribution in [0.2, 0.25) is 5.02 Å². The van der Waals surface area contributed by atoms with Gasteiger partial charge in [0, 0.05) is 6.04 Å². The molecule has 1 aromatic rings. The van der Waals surface area contributed by atoms with E-state index in [1.54, 1.807) is 0 Å². The van der Waals surface area contributed by atoms with Gasteiger partial charge in [-0.05, 0) is 43.4 Å². The summed E-state index contributed by atoms with van der Waals surface area (Å²) in [7, 11) is 0. The number of hydrogen-bond acceptors (Lipinski definition) is 1. The largest absolute Gasteiger partial charge is 0.381 e. The fourth-order valence-electron chi connectivity index (χ4n) is 2.76. The lowest BCUT2D eigenvalue weighted by atomic mass is 9.84. The minimum absolute atomic E-state index is 0.605. The van der Waals surface area contributed by atoms with Crippen molar-refractivity contribution < 1.29 is 0 Å². The molecule has 1 aromatic carbocycles. The van der Waals surface area contributed by atoms with E-state index >= 15 is 0 Å². The summed E-state index contributed by atoms with van der Waals surface area (Å²) in [5.74, 6) is 0.893. The van der Waals surface area contributed by atoms with Gasteiger partial charge in [0.05, 0.1) is 10.7 Å². The Morgan fingerprint density at radius 1 is 1.35 bits per heavy atom. The Hall–Kier alpha value is -0.690. The van der Waals surface area contributed by atoms with E-state index in [0.29, 0.717) is 6.04 Å². The first-order valence-electron chi connectivity index (χ1n) is 6.71. The molecule has 94 valence electrons. The molecule has 1 aliphatic carbocycles. The normalized spacial score (nSPS) is 24.6. The maximum atomic E-state index is 6.22. The molecule has 1 fully saturated rings. The summed E-state index contributed by atoms with van der Waals surface area (Å²) in [6, 6.07) is 6.80. The molecule has 0 radical (unpaired) electrons. The standard InChI is InChI=1S/C15H22ClN/c1-3-12-5-4-6-13(10-12)17-15-9-11(2)7-8-14(15)16/h7-9,12-13,17H,3-6,10H2,1-2H3. The number of benzene rings is 1. The van der Waals surface area contributed by atoms with E-state index in [4.69, 9.17) is 11.6 Å². The Balaban J connectivity index is 2.02. The molecular formula is C15H22ClN. The van der Waals surface area contributed by atoms with E-state index in [2.05, 4.69) is 31.3 Å². The molecule has 2 heteroatoms. The molecular weight excluding hydrogens is 230 g/mol. The summed E-state index contributed by atoms with van der Waals surface area (Å²) in [4.78, 5) is 0. The number of aryl methyl sites for hydroxylation is 1. The summed E-state index contributed by atoms with van der Waals surface area (Å²) in [5.41, 5.74) is 2.37. The third kappa shape index (κ3) is 3.38. The molecule has 0 amide bonds. The van der Waals surface area contributed by atoms with Gasteiger partial charge < -0.3 is 5.32 Å². The number of hydrogen-bond donors (Lipinski definition) is 1. The minimum atomic E-state index is 0.605. The van der Waals surface area contributed by atoms with Gasteiger partial charge in [0.1, 0.15) is 0 Å². The monoisotopic (exact) mass is 251 g/mol. The molecule has 1 nitrogen and oxygen atoms in total. The molecule has 1 N–H and O–H groups in total. The minimum Gasteiger partial charge on any atom is -0.381 e. The first kappa shape index (κ1) is 12.8. The molecule has 0 saturated heterocycles. The molecule has 1 aliphatic rings. The van der Waals surface area contributed by atoms with Gasteiger partial charge in [0.15, 0.2) is 0 Å². The van der Waals surface area contributed by atoms with Crippen molar-refractivity contribution in [1.82, 2.24) is 0 Å². The van der Waals surface area contributed by atoms with Crippen molar-refractivity contribution >= 4 is 17.3 Å². The molecule has 0 heterocycles. The van der Waals surface area contributed by atoms with Crippen LogP contribution in [0.5, 0.6) is 0 Å². The highest BCUT2D eigenvalue weighted by Gasteiger charge is 2.20. The fourth-order valence-corrected chi connectivity index (χ4v) is 2.93. The van der Waals surface area contributed by atoms with Crippen LogP contribution in [-0.4, -0.2) is 6.04 Å². The average Bonchev–Trinajstić information content (AvgIpc) is 2.34. The van der Waals surface area contributed by atoms with Crippen molar-refractivity contribution in [3.05, 3.63) is 28.8 Å². The third-order valence-corrected chi connectivity index (χ3v) is 4.17. The second-order valence-electron chi connectivity index (χ2n) is 5.27. The van der Waals surface area contributed by atoms with Crippen LogP contribution >= 0.6 is 11.6 Å². The zero-order valence-corrected chi connectivity index (χ0v) is 11.6. The van der Waals surface area contributed by atoms with Crippen molar-refractivity contribution in [3.63, 3.8) is 0 Å². The SMILES string of the molecule is CCC1CCCC(Nc2cc(C)ccc2Cl)C1. The molecule has 0 bridgehead atoms. The van der Waals surface area contributed by atoms with E-state index in [-0.39, 0.29) is 0 Å². The average molecular weight is 252 g/mol. The maximum absolute atomic E-state index is 6.22. The summed E-state index contributed by atoms with van der Waals surface area (Å²) in [6.07, 6.45) is 6.62. The molecule has 0 aliphatic heterocycles. The Morgan fingerprint density at radius 2 is 2.18 bits per heavy atom. The predicted octanol–water partition coefficient (Wildman–Crippen LogP) is 5.03. The summed E-state index contributed by atoms with van der Waals surface area (Å²) in [6.45, 7) is 4.41. The molecule has 1 saturated carbocycles. The van der Waals surface area contributed by atoms with Crippen LogP contribution in [0, 0.1) is 12.8 Å². The maximum Gasteiger partial charge on any atom is 0.0637 e. The van der Waals surface area contributed by atoms with Crippen molar-refractivity contribution in [2.75, 3.05) is 5.32 Å². The molecule has 0 spiro atoms. The quantitative estimate of drug-likeness (QED) is 0.795. The first-order chi connectivity index (χ1) is 8.19. The van der Waals surface area contributed by atoms with Gasteiger partial charge in [-0.25, -0.2) is 0 Å². The third-order valence-electron chi connectivity index (χ3n) is 3.84. The van der Waals surface area contributed by atoms with E-state index in [0.717, 1.165) is 16.6 Å². The Kier molecular flexibility index (Phi) is 4.33. The number of anilines is 1. The van der Waals surface area contributed by atoms with Gasteiger partial charge in [-0.3, -0.25) is 0 Å². The summed E-state index contributed by atoms with van der Waals surface area (Å²) >= 11 is 6.22. The van der Waals surface area contributed by atoms with Crippen molar-refractivity contribution in [2.45, 2.75) is 52.0 Å². The topological polar surface area (TPSA) is 12.0 Å². The lowest BCUT2D eigenvalue weighted by Gasteiger charge is -2.30. The lowest BCUT2D eigenvalue weighted by molar-refractivity contribution is 0.327. The Morgan fingerprint density at radius 3 is 2.94 bits per heavy atom. The number of rotatable bonds is 3. The van der Waals surface area contributed by atoms with Crippen LogP contribution in [0.15, 0.2) is 18.2 Å². The predicted molar refractivity (Wildman–Crippen MR) is 75.8 cm³/mol. The van der Waals surface area contributed by atoms with Gasteiger partial charge in [0.2, 0.25) is 0 Å². The van der Waals surface area contributed by atoms with E-state index < -0.39 is 0 Å².